The zero-order valence-corrected chi connectivity index (χ0v) is 11.4. The van der Waals surface area contributed by atoms with E-state index < -0.39 is 10.0 Å². The first-order valence-corrected chi connectivity index (χ1v) is 7.39. The maximum Gasteiger partial charge on any atom is 0.246 e. The van der Waals surface area contributed by atoms with Crippen molar-refractivity contribution >= 4 is 26.5 Å². The van der Waals surface area contributed by atoms with Crippen molar-refractivity contribution in [3.05, 3.63) is 22.5 Å². The van der Waals surface area contributed by atoms with E-state index in [1.807, 2.05) is 0 Å². The van der Waals surface area contributed by atoms with Crippen molar-refractivity contribution in [3.8, 4) is 0 Å². The summed E-state index contributed by atoms with van der Waals surface area (Å²) in [7, 11) is -3.65. The lowest BCUT2D eigenvalue weighted by Gasteiger charge is -2.04. The molecule has 0 saturated heterocycles. The molecule has 2 aromatic heterocycles. The van der Waals surface area contributed by atoms with Crippen molar-refractivity contribution in [3.63, 3.8) is 0 Å². The van der Waals surface area contributed by atoms with Gasteiger partial charge in [0.1, 0.15) is 10.6 Å². The average molecular weight is 288 g/mol. The second kappa shape index (κ2) is 4.67. The monoisotopic (exact) mass is 288 g/mol. The largest absolute Gasteiger partial charge is 0.375 e. The average Bonchev–Trinajstić information content (AvgIpc) is 2.83. The van der Waals surface area contributed by atoms with Crippen molar-refractivity contribution in [1.29, 1.82) is 0 Å². The van der Waals surface area contributed by atoms with Gasteiger partial charge in [-0.05, 0) is 13.8 Å². The highest BCUT2D eigenvalue weighted by Gasteiger charge is 2.23. The molecular weight excluding hydrogens is 276 g/mol. The summed E-state index contributed by atoms with van der Waals surface area (Å²) in [6, 6.07) is 0. The Kier molecular flexibility index (Phi) is 3.37. The number of rotatable bonds is 4. The van der Waals surface area contributed by atoms with Crippen LogP contribution in [-0.4, -0.2) is 18.6 Å². The van der Waals surface area contributed by atoms with E-state index >= 15 is 0 Å². The van der Waals surface area contributed by atoms with Crippen LogP contribution in [0.5, 0.6) is 0 Å². The normalized spacial score (nSPS) is 11.9. The van der Waals surface area contributed by atoms with Gasteiger partial charge in [0.25, 0.3) is 0 Å². The molecule has 2 aromatic rings. The third-order valence-corrected chi connectivity index (χ3v) is 4.62. The van der Waals surface area contributed by atoms with Crippen LogP contribution < -0.4 is 10.5 Å². The van der Waals surface area contributed by atoms with Crippen LogP contribution in [-0.2, 0) is 16.6 Å². The van der Waals surface area contributed by atoms with Gasteiger partial charge in [-0.25, -0.2) is 18.1 Å². The fourth-order valence-electron chi connectivity index (χ4n) is 1.50. The van der Waals surface area contributed by atoms with Crippen LogP contribution in [0, 0.1) is 13.8 Å². The van der Waals surface area contributed by atoms with Gasteiger partial charge in [-0.15, -0.1) is 11.3 Å². The lowest BCUT2D eigenvalue weighted by Crippen LogP contribution is -2.24. The number of hydrogen-bond donors (Lipinski definition) is 2. The number of nitrogen functional groups attached to an aromatic ring is 1. The third kappa shape index (κ3) is 2.52. The number of aryl methyl sites for hydroxylation is 2. The van der Waals surface area contributed by atoms with Gasteiger partial charge in [-0.1, -0.05) is 5.16 Å². The van der Waals surface area contributed by atoms with Crippen LogP contribution in [0.4, 0.5) is 5.13 Å². The molecule has 0 aliphatic heterocycles. The summed E-state index contributed by atoms with van der Waals surface area (Å²) in [5, 5.41) is 5.72. The first kappa shape index (κ1) is 13.0. The number of anilines is 1. The molecule has 98 valence electrons. The van der Waals surface area contributed by atoms with Gasteiger partial charge in [0.05, 0.1) is 12.2 Å². The van der Waals surface area contributed by atoms with Crippen LogP contribution in [0.1, 0.15) is 17.1 Å². The van der Waals surface area contributed by atoms with Crippen molar-refractivity contribution in [1.82, 2.24) is 14.9 Å². The van der Waals surface area contributed by atoms with Gasteiger partial charge in [-0.3, -0.25) is 0 Å². The van der Waals surface area contributed by atoms with Crippen LogP contribution in [0.2, 0.25) is 0 Å². The Labute approximate surface area is 108 Å². The molecule has 2 rings (SSSR count). The number of thiazole rings is 1. The van der Waals surface area contributed by atoms with Crippen molar-refractivity contribution in [2.24, 2.45) is 0 Å². The lowest BCUT2D eigenvalue weighted by atomic mass is 10.4. The molecule has 0 atom stereocenters. The van der Waals surface area contributed by atoms with Gasteiger partial charge < -0.3 is 10.3 Å². The SMILES string of the molecule is Cc1noc(C)c1S(=O)(=O)NCc1csc(N)n1. The van der Waals surface area contributed by atoms with Crippen LogP contribution >= 0.6 is 11.3 Å². The van der Waals surface area contributed by atoms with E-state index in [2.05, 4.69) is 14.9 Å². The molecule has 0 unspecified atom stereocenters. The number of nitrogens with one attached hydrogen (secondary N) is 1. The Bertz CT molecular complexity index is 640. The Morgan fingerprint density at radius 3 is 2.72 bits per heavy atom. The van der Waals surface area contributed by atoms with Crippen molar-refractivity contribution in [2.45, 2.75) is 25.3 Å². The highest BCUT2D eigenvalue weighted by atomic mass is 32.2. The van der Waals surface area contributed by atoms with E-state index in [0.717, 1.165) is 0 Å². The molecule has 0 radical (unpaired) electrons. The zero-order valence-electron chi connectivity index (χ0n) is 9.80. The number of nitrogens with zero attached hydrogens (tertiary/aromatic N) is 2. The first-order chi connectivity index (χ1) is 8.40. The summed E-state index contributed by atoms with van der Waals surface area (Å²) in [5.74, 6) is 0.262. The minimum Gasteiger partial charge on any atom is -0.375 e. The maximum atomic E-state index is 12.0. The minimum absolute atomic E-state index is 0.0747. The molecular formula is C9H12N4O3S2. The molecule has 0 amide bonds. The third-order valence-electron chi connectivity index (χ3n) is 2.25. The zero-order chi connectivity index (χ0) is 13.3. The number of hydrogen-bond acceptors (Lipinski definition) is 7. The van der Waals surface area contributed by atoms with E-state index in [4.69, 9.17) is 10.3 Å². The molecule has 7 nitrogen and oxygen atoms in total. The predicted octanol–water partition coefficient (Wildman–Crippen LogP) is 0.809. The van der Waals surface area contributed by atoms with Gasteiger partial charge in [0.2, 0.25) is 10.0 Å². The standard InChI is InChI=1S/C9H12N4O3S2/c1-5-8(6(2)16-13-5)18(14,15)11-3-7-4-17-9(10)12-7/h4,11H,3H2,1-2H3,(H2,10,12). The first-order valence-electron chi connectivity index (χ1n) is 5.02. The van der Waals surface area contributed by atoms with E-state index in [-0.39, 0.29) is 17.2 Å². The van der Waals surface area contributed by atoms with Crippen molar-refractivity contribution < 1.29 is 12.9 Å². The van der Waals surface area contributed by atoms with Gasteiger partial charge in [0.15, 0.2) is 10.9 Å². The summed E-state index contributed by atoms with van der Waals surface area (Å²) in [6.45, 7) is 3.21. The van der Waals surface area contributed by atoms with Crippen LogP contribution in [0.15, 0.2) is 14.8 Å². The number of aromatic nitrogens is 2. The van der Waals surface area contributed by atoms with Crippen LogP contribution in [0.25, 0.3) is 0 Å². The Balaban J connectivity index is 2.18. The summed E-state index contributed by atoms with van der Waals surface area (Å²) >= 11 is 1.26. The molecule has 9 heteroatoms. The Morgan fingerprint density at radius 2 is 2.22 bits per heavy atom. The van der Waals surface area contributed by atoms with E-state index in [9.17, 15) is 8.42 Å². The van der Waals surface area contributed by atoms with E-state index in [1.165, 1.54) is 11.3 Å². The molecule has 18 heavy (non-hydrogen) atoms. The molecule has 0 aliphatic carbocycles. The van der Waals surface area contributed by atoms with Gasteiger partial charge >= 0.3 is 0 Å². The fourth-order valence-corrected chi connectivity index (χ4v) is 3.39. The Morgan fingerprint density at radius 1 is 1.50 bits per heavy atom. The number of nitrogens with two attached hydrogens (primary N) is 1. The molecule has 0 saturated carbocycles. The topological polar surface area (TPSA) is 111 Å². The van der Waals surface area contributed by atoms with Gasteiger partial charge in [-0.2, -0.15) is 0 Å². The van der Waals surface area contributed by atoms with E-state index in [1.54, 1.807) is 19.2 Å². The quantitative estimate of drug-likeness (QED) is 0.861. The summed E-state index contributed by atoms with van der Waals surface area (Å²) in [4.78, 5) is 4.04. The van der Waals surface area contributed by atoms with E-state index in [0.29, 0.717) is 16.5 Å². The molecule has 0 aliphatic rings. The summed E-state index contributed by atoms with van der Waals surface area (Å²) in [5.41, 5.74) is 6.37. The smallest absolute Gasteiger partial charge is 0.246 e. The highest BCUT2D eigenvalue weighted by Crippen LogP contribution is 2.19. The highest BCUT2D eigenvalue weighted by molar-refractivity contribution is 7.89. The molecule has 2 heterocycles. The van der Waals surface area contributed by atoms with Gasteiger partial charge in [0, 0.05) is 5.38 Å². The minimum atomic E-state index is -3.65. The summed E-state index contributed by atoms with van der Waals surface area (Å²) in [6.07, 6.45) is 0. The lowest BCUT2D eigenvalue weighted by molar-refractivity contribution is 0.390. The molecule has 0 fully saturated rings. The Hall–Kier alpha value is -1.45. The molecule has 3 N–H and O–H groups in total. The number of sulfonamides is 1. The van der Waals surface area contributed by atoms with Crippen molar-refractivity contribution in [2.75, 3.05) is 5.73 Å². The second-order valence-electron chi connectivity index (χ2n) is 3.65. The molecule has 0 aromatic carbocycles. The van der Waals surface area contributed by atoms with Crippen LogP contribution in [0.3, 0.4) is 0 Å². The maximum absolute atomic E-state index is 12.0. The molecule has 0 spiro atoms. The summed E-state index contributed by atoms with van der Waals surface area (Å²) < 4.78 is 31.4. The predicted molar refractivity (Wildman–Crippen MR) is 66.5 cm³/mol. The fraction of sp³-hybridized carbons (Fsp3) is 0.333. The second-order valence-corrected chi connectivity index (χ2v) is 6.25. The molecule has 0 bridgehead atoms.